The van der Waals surface area contributed by atoms with Crippen LogP contribution in [-0.2, 0) is 11.2 Å². The van der Waals surface area contributed by atoms with Crippen molar-refractivity contribution < 1.29 is 9.53 Å². The van der Waals surface area contributed by atoms with Crippen molar-refractivity contribution in [3.05, 3.63) is 58.6 Å². The molecule has 2 aromatic carbocycles. The van der Waals surface area contributed by atoms with Gasteiger partial charge >= 0.3 is 0 Å². The monoisotopic (exact) mass is 376 g/mol. The van der Waals surface area contributed by atoms with E-state index in [1.54, 1.807) is 7.11 Å². The standard InChI is InChI=1S/C18H21BrN2O2/c1-23-17-7-5-14(6-8-17)9-11-21-18(22)10-12-20-16-4-2-3-15(19)13-16/h2-8,13,20H,9-12H2,1H3,(H,21,22). The lowest BCUT2D eigenvalue weighted by Gasteiger charge is -2.08. The number of halogens is 1. The number of methoxy groups -OCH3 is 1. The molecule has 0 aromatic heterocycles. The number of rotatable bonds is 8. The Bertz CT molecular complexity index is 629. The van der Waals surface area contributed by atoms with Crippen LogP contribution in [0.3, 0.4) is 0 Å². The molecule has 0 atom stereocenters. The number of carbonyl (C=O) groups is 1. The molecule has 2 aromatic rings. The summed E-state index contributed by atoms with van der Waals surface area (Å²) in [4.78, 5) is 11.8. The largest absolute Gasteiger partial charge is 0.497 e. The van der Waals surface area contributed by atoms with Crippen molar-refractivity contribution >= 4 is 27.5 Å². The van der Waals surface area contributed by atoms with Crippen LogP contribution in [0.4, 0.5) is 5.69 Å². The van der Waals surface area contributed by atoms with Gasteiger partial charge in [-0.2, -0.15) is 0 Å². The third-order valence-electron chi connectivity index (χ3n) is 3.40. The number of carbonyl (C=O) groups excluding carboxylic acids is 1. The van der Waals surface area contributed by atoms with Crippen LogP contribution < -0.4 is 15.4 Å². The summed E-state index contributed by atoms with van der Waals surface area (Å²) in [6.45, 7) is 1.26. The molecule has 0 radical (unpaired) electrons. The second kappa shape index (κ2) is 9.20. The molecule has 1 amide bonds. The minimum Gasteiger partial charge on any atom is -0.497 e. The predicted molar refractivity (Wildman–Crippen MR) is 97.0 cm³/mol. The third-order valence-corrected chi connectivity index (χ3v) is 3.89. The summed E-state index contributed by atoms with van der Waals surface area (Å²) in [5.74, 6) is 0.900. The van der Waals surface area contributed by atoms with Gasteiger partial charge in [0.2, 0.25) is 5.91 Å². The number of hydrogen-bond acceptors (Lipinski definition) is 3. The SMILES string of the molecule is COc1ccc(CCNC(=O)CCNc2cccc(Br)c2)cc1. The Morgan fingerprint density at radius 2 is 1.91 bits per heavy atom. The van der Waals surface area contributed by atoms with E-state index in [0.29, 0.717) is 19.5 Å². The Morgan fingerprint density at radius 3 is 2.61 bits per heavy atom. The number of ether oxygens (including phenoxy) is 1. The minimum atomic E-state index is 0.0565. The van der Waals surface area contributed by atoms with Gasteiger partial charge in [0.1, 0.15) is 5.75 Å². The van der Waals surface area contributed by atoms with Gasteiger partial charge in [-0.1, -0.05) is 34.1 Å². The summed E-state index contributed by atoms with van der Waals surface area (Å²) < 4.78 is 6.14. The van der Waals surface area contributed by atoms with E-state index in [9.17, 15) is 4.79 Å². The molecule has 122 valence electrons. The second-order valence-electron chi connectivity index (χ2n) is 5.14. The second-order valence-corrected chi connectivity index (χ2v) is 6.05. The summed E-state index contributed by atoms with van der Waals surface area (Å²) in [5.41, 5.74) is 2.18. The highest BCUT2D eigenvalue weighted by molar-refractivity contribution is 9.10. The van der Waals surface area contributed by atoms with E-state index in [4.69, 9.17) is 4.74 Å². The van der Waals surface area contributed by atoms with Crippen LogP contribution in [0.5, 0.6) is 5.75 Å². The van der Waals surface area contributed by atoms with E-state index in [0.717, 1.165) is 22.3 Å². The minimum absolute atomic E-state index is 0.0565. The maximum absolute atomic E-state index is 11.8. The van der Waals surface area contributed by atoms with Crippen molar-refractivity contribution in [3.63, 3.8) is 0 Å². The molecule has 0 saturated carbocycles. The molecular weight excluding hydrogens is 356 g/mol. The molecule has 23 heavy (non-hydrogen) atoms. The van der Waals surface area contributed by atoms with Gasteiger partial charge in [0, 0.05) is 29.7 Å². The van der Waals surface area contributed by atoms with Crippen molar-refractivity contribution in [2.75, 3.05) is 25.5 Å². The summed E-state index contributed by atoms with van der Waals surface area (Å²) >= 11 is 3.42. The molecule has 0 unspecified atom stereocenters. The molecular formula is C18H21BrN2O2. The van der Waals surface area contributed by atoms with Gasteiger partial charge in [-0.3, -0.25) is 4.79 Å². The van der Waals surface area contributed by atoms with Gasteiger partial charge in [-0.15, -0.1) is 0 Å². The van der Waals surface area contributed by atoms with Crippen molar-refractivity contribution in [2.45, 2.75) is 12.8 Å². The zero-order chi connectivity index (χ0) is 16.5. The molecule has 0 bridgehead atoms. The van der Waals surface area contributed by atoms with Gasteiger partial charge in [0.15, 0.2) is 0 Å². The zero-order valence-corrected chi connectivity index (χ0v) is 14.7. The predicted octanol–water partition coefficient (Wildman–Crippen LogP) is 3.62. The lowest BCUT2D eigenvalue weighted by molar-refractivity contribution is -0.120. The van der Waals surface area contributed by atoms with E-state index < -0.39 is 0 Å². The molecule has 4 nitrogen and oxygen atoms in total. The van der Waals surface area contributed by atoms with Gasteiger partial charge in [0.25, 0.3) is 0 Å². The summed E-state index contributed by atoms with van der Waals surface area (Å²) in [5, 5.41) is 6.17. The summed E-state index contributed by atoms with van der Waals surface area (Å²) in [6, 6.07) is 15.8. The Balaban J connectivity index is 1.63. The van der Waals surface area contributed by atoms with Crippen LogP contribution in [0.2, 0.25) is 0 Å². The summed E-state index contributed by atoms with van der Waals surface area (Å²) in [7, 11) is 1.65. The molecule has 0 saturated heterocycles. The molecule has 2 N–H and O–H groups in total. The molecule has 0 fully saturated rings. The lowest BCUT2D eigenvalue weighted by atomic mass is 10.1. The molecule has 0 aliphatic rings. The molecule has 2 rings (SSSR count). The van der Waals surface area contributed by atoms with Crippen molar-refractivity contribution in [1.29, 1.82) is 0 Å². The van der Waals surface area contributed by atoms with E-state index in [1.165, 1.54) is 5.56 Å². The Labute approximate surface area is 145 Å². The lowest BCUT2D eigenvalue weighted by Crippen LogP contribution is -2.27. The highest BCUT2D eigenvalue weighted by Gasteiger charge is 2.01. The van der Waals surface area contributed by atoms with Crippen molar-refractivity contribution in [1.82, 2.24) is 5.32 Å². The maximum Gasteiger partial charge on any atom is 0.221 e. The van der Waals surface area contributed by atoms with Crippen LogP contribution in [0.15, 0.2) is 53.0 Å². The molecule has 0 heterocycles. The van der Waals surface area contributed by atoms with Crippen LogP contribution >= 0.6 is 15.9 Å². The van der Waals surface area contributed by atoms with Gasteiger partial charge in [-0.05, 0) is 42.3 Å². The first-order valence-corrected chi connectivity index (χ1v) is 8.36. The zero-order valence-electron chi connectivity index (χ0n) is 13.1. The highest BCUT2D eigenvalue weighted by Crippen LogP contribution is 2.15. The van der Waals surface area contributed by atoms with Crippen LogP contribution in [-0.4, -0.2) is 26.1 Å². The van der Waals surface area contributed by atoms with Crippen LogP contribution in [0, 0.1) is 0 Å². The normalized spacial score (nSPS) is 10.2. The Hall–Kier alpha value is -2.01. The molecule has 0 aliphatic heterocycles. The van der Waals surface area contributed by atoms with E-state index in [1.807, 2.05) is 48.5 Å². The average Bonchev–Trinajstić information content (AvgIpc) is 2.55. The summed E-state index contributed by atoms with van der Waals surface area (Å²) in [6.07, 6.45) is 1.27. The van der Waals surface area contributed by atoms with E-state index in [-0.39, 0.29) is 5.91 Å². The number of anilines is 1. The van der Waals surface area contributed by atoms with Crippen molar-refractivity contribution in [3.8, 4) is 5.75 Å². The topological polar surface area (TPSA) is 50.4 Å². The van der Waals surface area contributed by atoms with E-state index >= 15 is 0 Å². The van der Waals surface area contributed by atoms with Gasteiger partial charge < -0.3 is 15.4 Å². The molecule has 5 heteroatoms. The van der Waals surface area contributed by atoms with Gasteiger partial charge in [0.05, 0.1) is 7.11 Å². The van der Waals surface area contributed by atoms with Crippen LogP contribution in [0.1, 0.15) is 12.0 Å². The Morgan fingerprint density at radius 1 is 1.13 bits per heavy atom. The molecule has 0 aliphatic carbocycles. The number of hydrogen-bond donors (Lipinski definition) is 2. The van der Waals surface area contributed by atoms with Crippen LogP contribution in [0.25, 0.3) is 0 Å². The fraction of sp³-hybridized carbons (Fsp3) is 0.278. The quantitative estimate of drug-likeness (QED) is 0.739. The molecule has 0 spiro atoms. The fourth-order valence-electron chi connectivity index (χ4n) is 2.15. The van der Waals surface area contributed by atoms with E-state index in [2.05, 4.69) is 26.6 Å². The fourth-order valence-corrected chi connectivity index (χ4v) is 2.54. The number of benzene rings is 2. The van der Waals surface area contributed by atoms with Crippen molar-refractivity contribution in [2.24, 2.45) is 0 Å². The Kier molecular flexibility index (Phi) is 6.94. The first-order valence-electron chi connectivity index (χ1n) is 7.56. The highest BCUT2D eigenvalue weighted by atomic mass is 79.9. The number of amides is 1. The number of nitrogens with one attached hydrogen (secondary N) is 2. The third kappa shape index (κ3) is 6.32. The smallest absolute Gasteiger partial charge is 0.221 e. The average molecular weight is 377 g/mol. The van der Waals surface area contributed by atoms with Gasteiger partial charge in [-0.25, -0.2) is 0 Å². The first kappa shape index (κ1) is 17.3. The maximum atomic E-state index is 11.8. The first-order chi connectivity index (χ1) is 11.2.